The van der Waals surface area contributed by atoms with E-state index in [1.807, 2.05) is 13.8 Å². The van der Waals surface area contributed by atoms with E-state index >= 15 is 0 Å². The molecule has 1 amide bonds. The van der Waals surface area contributed by atoms with E-state index in [9.17, 15) is 4.79 Å². The lowest BCUT2D eigenvalue weighted by molar-refractivity contribution is 0.0960. The third-order valence-electron chi connectivity index (χ3n) is 3.14. The molecule has 0 fully saturated rings. The molecular formula is C16H16Cl2N2O2. The zero-order valence-corrected chi connectivity index (χ0v) is 14.3. The highest BCUT2D eigenvalue weighted by molar-refractivity contribution is 6.34. The molecule has 1 aromatic carbocycles. The number of carbonyl (C=O) groups excluding carboxylic acids is 1. The number of hydrogen-bond donors (Lipinski definition) is 1. The van der Waals surface area contributed by atoms with E-state index in [0.29, 0.717) is 21.5 Å². The third-order valence-corrected chi connectivity index (χ3v) is 3.66. The number of carbonyl (C=O) groups is 1. The van der Waals surface area contributed by atoms with Crippen molar-refractivity contribution in [2.75, 3.05) is 7.05 Å². The predicted molar refractivity (Wildman–Crippen MR) is 88.4 cm³/mol. The molecule has 0 saturated heterocycles. The van der Waals surface area contributed by atoms with Crippen molar-refractivity contribution >= 4 is 29.1 Å². The summed E-state index contributed by atoms with van der Waals surface area (Å²) in [5.41, 5.74) is 2.58. The van der Waals surface area contributed by atoms with Crippen LogP contribution < -0.4 is 10.1 Å². The van der Waals surface area contributed by atoms with Crippen LogP contribution in [0.3, 0.4) is 0 Å². The lowest BCUT2D eigenvalue weighted by atomic mass is 10.1. The first-order chi connectivity index (χ1) is 10.3. The first kappa shape index (κ1) is 16.6. The predicted octanol–water partition coefficient (Wildman–Crippen LogP) is 4.47. The van der Waals surface area contributed by atoms with Crippen LogP contribution in [0.15, 0.2) is 18.2 Å². The van der Waals surface area contributed by atoms with E-state index < -0.39 is 0 Å². The molecule has 0 atom stereocenters. The summed E-state index contributed by atoms with van der Waals surface area (Å²) in [6.07, 6.45) is 0. The average molecular weight is 339 g/mol. The summed E-state index contributed by atoms with van der Waals surface area (Å²) in [6.45, 7) is 5.55. The van der Waals surface area contributed by atoms with Gasteiger partial charge in [-0.25, -0.2) is 4.98 Å². The number of halogens is 2. The molecule has 6 heteroatoms. The number of rotatable bonds is 3. The minimum atomic E-state index is -0.350. The van der Waals surface area contributed by atoms with Crippen LogP contribution in [-0.2, 0) is 0 Å². The molecule has 116 valence electrons. The molecule has 1 aromatic heterocycles. The minimum absolute atomic E-state index is 0.179. The maximum atomic E-state index is 12.0. The molecule has 22 heavy (non-hydrogen) atoms. The first-order valence-corrected chi connectivity index (χ1v) is 7.43. The van der Waals surface area contributed by atoms with Crippen molar-refractivity contribution in [2.24, 2.45) is 0 Å². The lowest BCUT2D eigenvalue weighted by Crippen LogP contribution is -2.20. The van der Waals surface area contributed by atoms with E-state index in [1.165, 1.54) is 7.05 Å². The van der Waals surface area contributed by atoms with Crippen molar-refractivity contribution in [2.45, 2.75) is 20.8 Å². The van der Waals surface area contributed by atoms with Crippen LogP contribution in [0.25, 0.3) is 0 Å². The highest BCUT2D eigenvalue weighted by Crippen LogP contribution is 2.34. The highest BCUT2D eigenvalue weighted by Gasteiger charge is 2.20. The molecule has 1 heterocycles. The van der Waals surface area contributed by atoms with E-state index in [1.54, 1.807) is 25.1 Å². The molecule has 2 aromatic rings. The second kappa shape index (κ2) is 6.55. The Morgan fingerprint density at radius 3 is 2.27 bits per heavy atom. The second-order valence-corrected chi connectivity index (χ2v) is 5.82. The third kappa shape index (κ3) is 3.34. The summed E-state index contributed by atoms with van der Waals surface area (Å²) >= 11 is 12.2. The van der Waals surface area contributed by atoms with Gasteiger partial charge in [0, 0.05) is 17.8 Å². The van der Waals surface area contributed by atoms with E-state index in [4.69, 9.17) is 27.9 Å². The zero-order chi connectivity index (χ0) is 16.4. The van der Waals surface area contributed by atoms with Gasteiger partial charge < -0.3 is 10.1 Å². The Bertz CT molecular complexity index is 722. The monoisotopic (exact) mass is 338 g/mol. The van der Waals surface area contributed by atoms with Crippen molar-refractivity contribution in [3.05, 3.63) is 50.6 Å². The highest BCUT2D eigenvalue weighted by atomic mass is 35.5. The number of aromatic nitrogens is 1. The van der Waals surface area contributed by atoms with Crippen LogP contribution in [0, 0.1) is 20.8 Å². The van der Waals surface area contributed by atoms with E-state index in [-0.39, 0.29) is 17.4 Å². The van der Waals surface area contributed by atoms with Gasteiger partial charge in [-0.2, -0.15) is 0 Å². The Kier molecular flexibility index (Phi) is 4.94. The molecule has 0 bridgehead atoms. The van der Waals surface area contributed by atoms with E-state index in [2.05, 4.69) is 10.3 Å². The quantitative estimate of drug-likeness (QED) is 0.898. The van der Waals surface area contributed by atoms with Gasteiger partial charge in [0.2, 0.25) is 5.88 Å². The lowest BCUT2D eigenvalue weighted by Gasteiger charge is -2.15. The number of nitrogens with one attached hydrogen (secondary N) is 1. The molecule has 0 spiro atoms. The van der Waals surface area contributed by atoms with Crippen molar-refractivity contribution in [3.63, 3.8) is 0 Å². The first-order valence-electron chi connectivity index (χ1n) is 6.67. The SMILES string of the molecule is CNC(=O)c1c(Cl)cc(C)nc1Oc1c(C)cc(Cl)cc1C. The van der Waals surface area contributed by atoms with Crippen molar-refractivity contribution < 1.29 is 9.53 Å². The Morgan fingerprint density at radius 1 is 1.14 bits per heavy atom. The average Bonchev–Trinajstić information content (AvgIpc) is 2.41. The Morgan fingerprint density at radius 2 is 1.73 bits per heavy atom. The molecule has 0 unspecified atom stereocenters. The van der Waals surface area contributed by atoms with Gasteiger partial charge in [0.1, 0.15) is 11.3 Å². The molecule has 1 N–H and O–H groups in total. The van der Waals surface area contributed by atoms with Gasteiger partial charge in [-0.1, -0.05) is 23.2 Å². The number of amides is 1. The maximum absolute atomic E-state index is 12.0. The number of pyridine rings is 1. The number of nitrogens with zero attached hydrogens (tertiary/aromatic N) is 1. The fourth-order valence-electron chi connectivity index (χ4n) is 2.17. The molecule has 2 rings (SSSR count). The molecule has 4 nitrogen and oxygen atoms in total. The standard InChI is InChI=1S/C16H16Cl2N2O2/c1-8-5-11(17)6-9(2)14(8)22-16-13(15(21)19-4)12(18)7-10(3)20-16/h5-7H,1-4H3,(H,19,21). The number of ether oxygens (including phenoxy) is 1. The summed E-state index contributed by atoms with van der Waals surface area (Å²) in [4.78, 5) is 16.3. The zero-order valence-electron chi connectivity index (χ0n) is 12.8. The van der Waals surface area contributed by atoms with Crippen molar-refractivity contribution in [1.29, 1.82) is 0 Å². The van der Waals surface area contributed by atoms with Gasteiger partial charge in [0.25, 0.3) is 5.91 Å². The molecular weight excluding hydrogens is 323 g/mol. The van der Waals surface area contributed by atoms with Crippen molar-refractivity contribution in [1.82, 2.24) is 10.3 Å². The number of hydrogen-bond acceptors (Lipinski definition) is 3. The summed E-state index contributed by atoms with van der Waals surface area (Å²) in [7, 11) is 1.53. The van der Waals surface area contributed by atoms with Crippen LogP contribution in [-0.4, -0.2) is 17.9 Å². The van der Waals surface area contributed by atoms with E-state index in [0.717, 1.165) is 11.1 Å². The van der Waals surface area contributed by atoms with Gasteiger partial charge in [0.15, 0.2) is 0 Å². The largest absolute Gasteiger partial charge is 0.438 e. The van der Waals surface area contributed by atoms with Crippen LogP contribution in [0.1, 0.15) is 27.2 Å². The van der Waals surface area contributed by atoms with Gasteiger partial charge in [-0.05, 0) is 50.1 Å². The fourth-order valence-corrected chi connectivity index (χ4v) is 2.82. The summed E-state index contributed by atoms with van der Waals surface area (Å²) in [5.74, 6) is 0.443. The minimum Gasteiger partial charge on any atom is -0.438 e. The smallest absolute Gasteiger partial charge is 0.258 e. The molecule has 0 aliphatic carbocycles. The van der Waals surface area contributed by atoms with Gasteiger partial charge in [-0.3, -0.25) is 4.79 Å². The van der Waals surface area contributed by atoms with Gasteiger partial charge >= 0.3 is 0 Å². The van der Waals surface area contributed by atoms with Crippen LogP contribution in [0.2, 0.25) is 10.0 Å². The topological polar surface area (TPSA) is 51.2 Å². The molecule has 0 saturated carbocycles. The Hall–Kier alpha value is -1.78. The second-order valence-electron chi connectivity index (χ2n) is 4.98. The fraction of sp³-hybridized carbons (Fsp3) is 0.250. The Labute approximate surface area is 139 Å². The van der Waals surface area contributed by atoms with Gasteiger partial charge in [-0.15, -0.1) is 0 Å². The molecule has 0 aliphatic heterocycles. The molecule has 0 radical (unpaired) electrons. The van der Waals surface area contributed by atoms with Crippen molar-refractivity contribution in [3.8, 4) is 11.6 Å². The Balaban J connectivity index is 2.57. The summed E-state index contributed by atoms with van der Waals surface area (Å²) in [5, 5.41) is 3.47. The maximum Gasteiger partial charge on any atom is 0.258 e. The van der Waals surface area contributed by atoms with Gasteiger partial charge in [0.05, 0.1) is 5.02 Å². The number of aryl methyl sites for hydroxylation is 3. The van der Waals surface area contributed by atoms with Crippen LogP contribution in [0.4, 0.5) is 0 Å². The normalized spacial score (nSPS) is 10.5. The molecule has 0 aliphatic rings. The van der Waals surface area contributed by atoms with Crippen LogP contribution in [0.5, 0.6) is 11.6 Å². The van der Waals surface area contributed by atoms with Crippen LogP contribution >= 0.6 is 23.2 Å². The summed E-state index contributed by atoms with van der Waals surface area (Å²) in [6, 6.07) is 5.21. The summed E-state index contributed by atoms with van der Waals surface area (Å²) < 4.78 is 5.90. The number of benzene rings is 1.